The average molecular weight is 239 g/mol. The van der Waals surface area contributed by atoms with Crippen molar-refractivity contribution in [3.8, 4) is 0 Å². The highest BCUT2D eigenvalue weighted by Gasteiger charge is 2.46. The van der Waals surface area contributed by atoms with Crippen LogP contribution in [0.1, 0.15) is 38.5 Å². The summed E-state index contributed by atoms with van der Waals surface area (Å²) in [6.45, 7) is 0.954. The Kier molecular flexibility index (Phi) is 2.78. The fourth-order valence-corrected chi connectivity index (χ4v) is 4.76. The third-order valence-electron chi connectivity index (χ3n) is 4.41. The molecule has 0 unspecified atom stereocenters. The van der Waals surface area contributed by atoms with E-state index in [0.29, 0.717) is 11.6 Å². The van der Waals surface area contributed by atoms with E-state index in [1.54, 1.807) is 0 Å². The Hall–Kier alpha value is -0.380. The summed E-state index contributed by atoms with van der Waals surface area (Å²) in [7, 11) is 0. The lowest BCUT2D eigenvalue weighted by molar-refractivity contribution is 0.138. The monoisotopic (exact) mass is 239 g/mol. The third kappa shape index (κ3) is 1.62. The molecule has 0 amide bonds. The first-order valence-corrected chi connectivity index (χ1v) is 7.64. The zero-order chi connectivity index (χ0) is 11.0. The van der Waals surface area contributed by atoms with Gasteiger partial charge in [-0.3, -0.25) is 4.99 Å². The quantitative estimate of drug-likeness (QED) is 0.759. The average Bonchev–Trinajstić information content (AvgIpc) is 2.90. The van der Waals surface area contributed by atoms with Crippen LogP contribution in [-0.4, -0.2) is 40.5 Å². The van der Waals surface area contributed by atoms with Gasteiger partial charge in [0.2, 0.25) is 0 Å². The second-order valence-electron chi connectivity index (χ2n) is 5.32. The van der Waals surface area contributed by atoms with Crippen LogP contribution in [0.3, 0.4) is 0 Å². The zero-order valence-electron chi connectivity index (χ0n) is 9.82. The van der Waals surface area contributed by atoms with Gasteiger partial charge in [-0.15, -0.1) is 0 Å². The fourth-order valence-electron chi connectivity index (χ4n) is 3.51. The molecular weight excluding hydrogens is 218 g/mol. The number of guanidine groups is 1. The molecular formula is C12H21N3S. The van der Waals surface area contributed by atoms with E-state index in [1.807, 2.05) is 0 Å². The van der Waals surface area contributed by atoms with E-state index in [2.05, 4.69) is 21.7 Å². The minimum Gasteiger partial charge on any atom is -0.370 e. The van der Waals surface area contributed by atoms with Gasteiger partial charge in [0.15, 0.2) is 5.96 Å². The largest absolute Gasteiger partial charge is 0.370 e. The molecule has 0 aromatic rings. The van der Waals surface area contributed by atoms with E-state index in [9.17, 15) is 0 Å². The highest BCUT2D eigenvalue weighted by molar-refractivity contribution is 7.99. The molecule has 90 valence electrons. The van der Waals surface area contributed by atoms with Gasteiger partial charge in [-0.1, -0.05) is 12.8 Å². The number of aliphatic imine (C=N–C) groups is 1. The van der Waals surface area contributed by atoms with Crippen molar-refractivity contribution in [2.75, 3.05) is 18.1 Å². The first-order valence-electron chi connectivity index (χ1n) is 6.49. The molecule has 16 heavy (non-hydrogen) atoms. The van der Waals surface area contributed by atoms with Crippen LogP contribution in [0.5, 0.6) is 0 Å². The van der Waals surface area contributed by atoms with Crippen molar-refractivity contribution in [1.29, 1.82) is 0 Å². The second kappa shape index (κ2) is 4.13. The number of hydrogen-bond acceptors (Lipinski definition) is 4. The van der Waals surface area contributed by atoms with Crippen LogP contribution in [0.25, 0.3) is 0 Å². The van der Waals surface area contributed by atoms with Gasteiger partial charge in [0.05, 0.1) is 12.1 Å². The number of nitrogens with zero attached hydrogens (tertiary/aromatic N) is 2. The number of nitrogens with two attached hydrogens (primary N) is 1. The van der Waals surface area contributed by atoms with Crippen molar-refractivity contribution in [3.63, 3.8) is 0 Å². The Morgan fingerprint density at radius 2 is 1.94 bits per heavy atom. The number of thioether (sulfide) groups is 1. The van der Waals surface area contributed by atoms with Crippen LogP contribution in [0.15, 0.2) is 4.99 Å². The summed E-state index contributed by atoms with van der Waals surface area (Å²) in [6.07, 6.45) is 7.95. The van der Waals surface area contributed by atoms with Crippen molar-refractivity contribution in [1.82, 2.24) is 4.90 Å². The molecule has 0 bridgehead atoms. The molecule has 2 fully saturated rings. The van der Waals surface area contributed by atoms with E-state index in [0.717, 1.165) is 12.5 Å². The molecule has 1 aliphatic carbocycles. The molecule has 3 rings (SSSR count). The van der Waals surface area contributed by atoms with E-state index in [4.69, 9.17) is 5.73 Å². The summed E-state index contributed by atoms with van der Waals surface area (Å²) in [6, 6.07) is 0.689. The molecule has 1 spiro atoms. The molecule has 2 aliphatic heterocycles. The van der Waals surface area contributed by atoms with Crippen molar-refractivity contribution in [3.05, 3.63) is 0 Å². The van der Waals surface area contributed by atoms with Crippen LogP contribution < -0.4 is 5.73 Å². The van der Waals surface area contributed by atoms with Gasteiger partial charge in [-0.25, -0.2) is 0 Å². The van der Waals surface area contributed by atoms with Crippen LogP contribution in [-0.2, 0) is 0 Å². The smallest absolute Gasteiger partial charge is 0.192 e. The van der Waals surface area contributed by atoms with Gasteiger partial charge in [-0.05, 0) is 37.2 Å². The lowest BCUT2D eigenvalue weighted by Gasteiger charge is -2.45. The first-order chi connectivity index (χ1) is 7.82. The summed E-state index contributed by atoms with van der Waals surface area (Å²) >= 11 is 2.08. The Bertz CT molecular complexity index is 291. The highest BCUT2D eigenvalue weighted by atomic mass is 32.2. The minimum atomic E-state index is 0.310. The van der Waals surface area contributed by atoms with Crippen LogP contribution in [0.2, 0.25) is 0 Å². The second-order valence-corrected chi connectivity index (χ2v) is 6.54. The normalized spacial score (nSPS) is 30.0. The van der Waals surface area contributed by atoms with Gasteiger partial charge in [0.25, 0.3) is 0 Å². The number of hydrogen-bond donors (Lipinski definition) is 1. The molecule has 2 N–H and O–H groups in total. The van der Waals surface area contributed by atoms with Crippen LogP contribution in [0, 0.1) is 0 Å². The third-order valence-corrected chi connectivity index (χ3v) is 5.39. The van der Waals surface area contributed by atoms with Crippen molar-refractivity contribution in [2.45, 2.75) is 50.1 Å². The van der Waals surface area contributed by atoms with Crippen LogP contribution in [0.4, 0.5) is 0 Å². The van der Waals surface area contributed by atoms with Crippen LogP contribution >= 0.6 is 11.8 Å². The minimum absolute atomic E-state index is 0.310. The van der Waals surface area contributed by atoms with Crippen molar-refractivity contribution >= 4 is 17.7 Å². The number of rotatable bonds is 1. The molecule has 0 aromatic heterocycles. The maximum Gasteiger partial charge on any atom is 0.192 e. The van der Waals surface area contributed by atoms with Gasteiger partial charge < -0.3 is 10.6 Å². The summed E-state index contributed by atoms with van der Waals surface area (Å²) in [4.78, 5) is 7.06. The molecule has 0 radical (unpaired) electrons. The first kappa shape index (κ1) is 10.8. The van der Waals surface area contributed by atoms with Gasteiger partial charge in [0.1, 0.15) is 0 Å². The summed E-state index contributed by atoms with van der Waals surface area (Å²) < 4.78 is 0. The maximum atomic E-state index is 6.13. The van der Waals surface area contributed by atoms with Crippen molar-refractivity contribution in [2.24, 2.45) is 10.7 Å². The molecule has 4 heteroatoms. The van der Waals surface area contributed by atoms with E-state index >= 15 is 0 Å². The van der Waals surface area contributed by atoms with E-state index in [-0.39, 0.29) is 0 Å². The molecule has 0 aromatic carbocycles. The Morgan fingerprint density at radius 1 is 1.25 bits per heavy atom. The summed E-state index contributed by atoms with van der Waals surface area (Å²) in [5, 5.41) is 0. The molecule has 1 saturated heterocycles. The Balaban J connectivity index is 1.82. The zero-order valence-corrected chi connectivity index (χ0v) is 10.6. The summed E-state index contributed by atoms with van der Waals surface area (Å²) in [5.41, 5.74) is 6.44. The predicted octanol–water partition coefficient (Wildman–Crippen LogP) is 1.83. The SMILES string of the molecule is NC1=NCC2(CCSCC2)N1C1CCCC1. The van der Waals surface area contributed by atoms with Gasteiger partial charge in [0, 0.05) is 6.04 Å². The van der Waals surface area contributed by atoms with E-state index in [1.165, 1.54) is 50.0 Å². The van der Waals surface area contributed by atoms with E-state index < -0.39 is 0 Å². The molecule has 3 aliphatic rings. The highest BCUT2D eigenvalue weighted by Crippen LogP contribution is 2.40. The predicted molar refractivity (Wildman–Crippen MR) is 69.9 cm³/mol. The lowest BCUT2D eigenvalue weighted by Crippen LogP contribution is -2.57. The van der Waals surface area contributed by atoms with Crippen molar-refractivity contribution < 1.29 is 0 Å². The molecule has 3 nitrogen and oxygen atoms in total. The standard InChI is InChI=1S/C12H21N3S/c13-11-14-9-12(5-7-16-8-6-12)15(11)10-3-1-2-4-10/h10H,1-9H2,(H2,13,14). The maximum absolute atomic E-state index is 6.13. The molecule has 1 saturated carbocycles. The fraction of sp³-hybridized carbons (Fsp3) is 0.917. The Morgan fingerprint density at radius 3 is 2.62 bits per heavy atom. The summed E-state index contributed by atoms with van der Waals surface area (Å²) in [5.74, 6) is 3.40. The van der Waals surface area contributed by atoms with Gasteiger partial charge in [-0.2, -0.15) is 11.8 Å². The van der Waals surface area contributed by atoms with Gasteiger partial charge >= 0.3 is 0 Å². The lowest BCUT2D eigenvalue weighted by atomic mass is 9.89. The molecule has 2 heterocycles. The Labute approximate surface area is 102 Å². The molecule has 0 atom stereocenters. The topological polar surface area (TPSA) is 41.6 Å².